The molecule has 0 unspecified atom stereocenters. The van der Waals surface area contributed by atoms with Gasteiger partial charge in [-0.2, -0.15) is 0 Å². The summed E-state index contributed by atoms with van der Waals surface area (Å²) in [5.41, 5.74) is 17.8. The summed E-state index contributed by atoms with van der Waals surface area (Å²) in [5.74, 6) is 0. The molecule has 1 aromatic heterocycles. The lowest BCUT2D eigenvalue weighted by Crippen LogP contribution is -2.10. The van der Waals surface area contributed by atoms with E-state index >= 15 is 0 Å². The molecular formula is C68H45NS. The van der Waals surface area contributed by atoms with E-state index < -0.39 is 0 Å². The van der Waals surface area contributed by atoms with E-state index in [0.29, 0.717) is 0 Å². The molecule has 0 fully saturated rings. The summed E-state index contributed by atoms with van der Waals surface area (Å²) in [6.45, 7) is 0. The summed E-state index contributed by atoms with van der Waals surface area (Å²) in [6.07, 6.45) is 0. The van der Waals surface area contributed by atoms with Crippen LogP contribution in [0.1, 0.15) is 0 Å². The van der Waals surface area contributed by atoms with Gasteiger partial charge in [-0.05, 0) is 137 Å². The number of thiophene rings is 1. The van der Waals surface area contributed by atoms with Crippen LogP contribution in [0.4, 0.5) is 17.1 Å². The Labute approximate surface area is 412 Å². The predicted octanol–water partition coefficient (Wildman–Crippen LogP) is 19.8. The van der Waals surface area contributed by atoms with Crippen molar-refractivity contribution in [2.24, 2.45) is 0 Å². The Hall–Kier alpha value is -8.82. The number of rotatable bonds is 9. The highest BCUT2D eigenvalue weighted by molar-refractivity contribution is 7.26. The molecule has 0 bridgehead atoms. The first-order valence-electron chi connectivity index (χ1n) is 24.0. The molecule has 2 heteroatoms. The standard InChI is InChI=1S/C68H45NS/c1-4-16-46(17-5-1)47-30-32-48(33-31-47)49-34-39-55(40-35-49)69(56-41-36-50(37-42-56)58-27-15-28-63-61-25-12-13-29-65(61)70-68(58)63)57-23-14-22-53(44-57)54-38-43-60-59-24-10-11-26-62(59)66(51-18-6-2-7-19-51)67(64(60)45-54)52-20-8-3-9-21-52/h1-45H. The quantitative estimate of drug-likeness (QED) is 0.130. The van der Waals surface area contributed by atoms with Gasteiger partial charge in [-0.25, -0.2) is 0 Å². The smallest absolute Gasteiger partial charge is 0.0467 e. The van der Waals surface area contributed by atoms with Gasteiger partial charge in [-0.3, -0.25) is 0 Å². The average molecular weight is 908 g/mol. The molecule has 0 atom stereocenters. The SMILES string of the molecule is c1ccc(-c2ccc(-c3ccc(N(c4ccc(-c5cccc6c5sc5ccccc56)cc4)c4cccc(-c5ccc6c(c5)c(-c5ccccc5)c(-c5ccccc5)c5ccccc56)c4)cc3)cc2)cc1. The van der Waals surface area contributed by atoms with Gasteiger partial charge in [0.05, 0.1) is 0 Å². The molecule has 328 valence electrons. The number of hydrogen-bond acceptors (Lipinski definition) is 2. The van der Waals surface area contributed by atoms with Crippen LogP contribution in [0.5, 0.6) is 0 Å². The molecule has 0 saturated heterocycles. The summed E-state index contributed by atoms with van der Waals surface area (Å²) < 4.78 is 2.64. The summed E-state index contributed by atoms with van der Waals surface area (Å²) in [7, 11) is 0. The van der Waals surface area contributed by atoms with E-state index in [9.17, 15) is 0 Å². The van der Waals surface area contributed by atoms with Gasteiger partial charge in [-0.1, -0.05) is 224 Å². The van der Waals surface area contributed by atoms with Crippen LogP contribution in [0, 0.1) is 0 Å². The fraction of sp³-hybridized carbons (Fsp3) is 0. The van der Waals surface area contributed by atoms with Gasteiger partial charge >= 0.3 is 0 Å². The van der Waals surface area contributed by atoms with E-state index in [2.05, 4.69) is 278 Å². The maximum absolute atomic E-state index is 2.42. The third-order valence-corrected chi connectivity index (χ3v) is 15.1. The molecule has 0 aliphatic rings. The van der Waals surface area contributed by atoms with Crippen molar-refractivity contribution in [3.8, 4) is 66.8 Å². The van der Waals surface area contributed by atoms with Crippen molar-refractivity contribution in [3.63, 3.8) is 0 Å². The summed E-state index contributed by atoms with van der Waals surface area (Å²) in [5, 5.41) is 7.62. The van der Waals surface area contributed by atoms with E-state index in [1.165, 1.54) is 103 Å². The van der Waals surface area contributed by atoms with Gasteiger partial charge in [0.25, 0.3) is 0 Å². The van der Waals surface area contributed by atoms with Crippen LogP contribution in [0.3, 0.4) is 0 Å². The lowest BCUT2D eigenvalue weighted by molar-refractivity contribution is 1.28. The Bertz CT molecular complexity index is 4010. The van der Waals surface area contributed by atoms with Crippen LogP contribution in [-0.4, -0.2) is 0 Å². The minimum absolute atomic E-state index is 1.09. The second kappa shape index (κ2) is 17.7. The van der Waals surface area contributed by atoms with Gasteiger partial charge in [0.2, 0.25) is 0 Å². The number of nitrogens with zero attached hydrogens (tertiary/aromatic N) is 1. The molecule has 0 amide bonds. The van der Waals surface area contributed by atoms with E-state index in [-0.39, 0.29) is 0 Å². The van der Waals surface area contributed by atoms with Crippen LogP contribution >= 0.6 is 11.3 Å². The van der Waals surface area contributed by atoms with Gasteiger partial charge in [0.15, 0.2) is 0 Å². The molecule has 0 radical (unpaired) electrons. The fourth-order valence-corrected chi connectivity index (χ4v) is 11.7. The second-order valence-corrected chi connectivity index (χ2v) is 19.0. The van der Waals surface area contributed by atoms with Gasteiger partial charge < -0.3 is 4.90 Å². The van der Waals surface area contributed by atoms with Crippen molar-refractivity contribution in [1.82, 2.24) is 0 Å². The van der Waals surface area contributed by atoms with Crippen LogP contribution in [-0.2, 0) is 0 Å². The zero-order chi connectivity index (χ0) is 46.4. The molecule has 0 aliphatic carbocycles. The van der Waals surface area contributed by atoms with Crippen LogP contribution in [0.25, 0.3) is 108 Å². The Kier molecular flexibility index (Phi) is 10.5. The number of hydrogen-bond donors (Lipinski definition) is 0. The maximum Gasteiger partial charge on any atom is 0.0467 e. The molecule has 0 saturated carbocycles. The Morgan fingerprint density at radius 1 is 0.229 bits per heavy atom. The highest BCUT2D eigenvalue weighted by Gasteiger charge is 2.20. The van der Waals surface area contributed by atoms with Crippen LogP contribution < -0.4 is 4.90 Å². The minimum atomic E-state index is 1.09. The normalized spacial score (nSPS) is 11.4. The summed E-state index contributed by atoms with van der Waals surface area (Å²) >= 11 is 1.88. The lowest BCUT2D eigenvalue weighted by Gasteiger charge is -2.26. The van der Waals surface area contributed by atoms with E-state index in [4.69, 9.17) is 0 Å². The summed E-state index contributed by atoms with van der Waals surface area (Å²) in [4.78, 5) is 2.40. The zero-order valence-corrected chi connectivity index (χ0v) is 39.2. The molecule has 13 aromatic rings. The fourth-order valence-electron chi connectivity index (χ4n) is 10.5. The first-order valence-corrected chi connectivity index (χ1v) is 24.8. The lowest BCUT2D eigenvalue weighted by atomic mass is 9.84. The van der Waals surface area contributed by atoms with Crippen molar-refractivity contribution >= 4 is 70.1 Å². The monoisotopic (exact) mass is 907 g/mol. The molecular weight excluding hydrogens is 863 g/mol. The van der Waals surface area contributed by atoms with Crippen LogP contribution in [0.2, 0.25) is 0 Å². The zero-order valence-electron chi connectivity index (χ0n) is 38.3. The number of fused-ring (bicyclic) bond motifs is 6. The Morgan fingerprint density at radius 2 is 0.657 bits per heavy atom. The number of anilines is 3. The predicted molar refractivity (Wildman–Crippen MR) is 302 cm³/mol. The van der Waals surface area contributed by atoms with E-state index in [0.717, 1.165) is 22.6 Å². The van der Waals surface area contributed by atoms with Crippen molar-refractivity contribution in [2.75, 3.05) is 4.90 Å². The highest BCUT2D eigenvalue weighted by Crippen LogP contribution is 2.47. The van der Waals surface area contributed by atoms with Crippen LogP contribution in [0.15, 0.2) is 273 Å². The molecule has 12 aromatic carbocycles. The molecule has 13 rings (SSSR count). The van der Waals surface area contributed by atoms with Crippen molar-refractivity contribution < 1.29 is 0 Å². The van der Waals surface area contributed by atoms with Gasteiger partial charge in [0, 0.05) is 37.2 Å². The van der Waals surface area contributed by atoms with Gasteiger partial charge in [0.1, 0.15) is 0 Å². The first kappa shape index (κ1) is 41.4. The topological polar surface area (TPSA) is 3.24 Å². The third kappa shape index (κ3) is 7.43. The maximum atomic E-state index is 2.42. The Morgan fingerprint density at radius 3 is 1.30 bits per heavy atom. The highest BCUT2D eigenvalue weighted by atomic mass is 32.1. The van der Waals surface area contributed by atoms with E-state index in [1.54, 1.807) is 0 Å². The molecule has 1 heterocycles. The molecule has 1 nitrogen and oxygen atoms in total. The molecule has 0 spiro atoms. The van der Waals surface area contributed by atoms with Crippen molar-refractivity contribution in [2.45, 2.75) is 0 Å². The van der Waals surface area contributed by atoms with Crippen molar-refractivity contribution in [3.05, 3.63) is 273 Å². The largest absolute Gasteiger partial charge is 0.310 e. The van der Waals surface area contributed by atoms with E-state index in [1.807, 2.05) is 11.3 Å². The van der Waals surface area contributed by atoms with Crippen molar-refractivity contribution in [1.29, 1.82) is 0 Å². The average Bonchev–Trinajstić information content (AvgIpc) is 3.83. The minimum Gasteiger partial charge on any atom is -0.310 e. The summed E-state index contributed by atoms with van der Waals surface area (Å²) in [6, 6.07) is 99.9. The molecule has 0 N–H and O–H groups in total. The Balaban J connectivity index is 0.937. The number of benzene rings is 12. The van der Waals surface area contributed by atoms with Gasteiger partial charge in [-0.15, -0.1) is 11.3 Å². The first-order chi connectivity index (χ1) is 34.7. The second-order valence-electron chi connectivity index (χ2n) is 18.0. The molecule has 0 aliphatic heterocycles. The molecule has 70 heavy (non-hydrogen) atoms. The third-order valence-electron chi connectivity index (χ3n) is 13.9.